The molecule has 2 fully saturated rings. The molecule has 3 atom stereocenters. The molecule has 2 heterocycles. The summed E-state index contributed by atoms with van der Waals surface area (Å²) < 4.78 is 11.5. The Balaban J connectivity index is 1.61. The van der Waals surface area contributed by atoms with E-state index < -0.39 is 0 Å². The SMILES string of the molecule is CO[C@@H]1CC[C@@]2(OC)CCN(C(=O)c3cccc(-c4ncc[nH]4)c3)[C@H]2C1. The molecule has 1 aliphatic heterocycles. The Bertz CT molecular complexity index is 776. The van der Waals surface area contributed by atoms with Crippen molar-refractivity contribution < 1.29 is 14.3 Å². The normalized spacial score (nSPS) is 28.2. The van der Waals surface area contributed by atoms with Crippen LogP contribution >= 0.6 is 0 Å². The van der Waals surface area contributed by atoms with E-state index in [1.807, 2.05) is 29.2 Å². The molecule has 1 aromatic carbocycles. The van der Waals surface area contributed by atoms with Crippen LogP contribution in [0, 0.1) is 0 Å². The number of benzene rings is 1. The number of H-pyrrole nitrogens is 1. The van der Waals surface area contributed by atoms with Gasteiger partial charge in [0.15, 0.2) is 0 Å². The molecule has 1 N–H and O–H groups in total. The minimum absolute atomic E-state index is 0.0547. The molecule has 1 aliphatic carbocycles. The number of ether oxygens (including phenoxy) is 2. The molecule has 0 radical (unpaired) electrons. The number of carbonyl (C=O) groups is 1. The molecular formula is C20H25N3O3. The Morgan fingerprint density at radius 1 is 1.35 bits per heavy atom. The first-order chi connectivity index (χ1) is 12.7. The molecular weight excluding hydrogens is 330 g/mol. The molecule has 2 aliphatic rings. The first kappa shape index (κ1) is 17.2. The maximum Gasteiger partial charge on any atom is 0.254 e. The Morgan fingerprint density at radius 2 is 2.23 bits per heavy atom. The van der Waals surface area contributed by atoms with E-state index in [-0.39, 0.29) is 23.7 Å². The summed E-state index contributed by atoms with van der Waals surface area (Å²) in [5.41, 5.74) is 1.37. The van der Waals surface area contributed by atoms with E-state index in [0.717, 1.165) is 43.6 Å². The van der Waals surface area contributed by atoms with Crippen LogP contribution in [0.1, 0.15) is 36.0 Å². The highest BCUT2D eigenvalue weighted by Crippen LogP contribution is 2.43. The zero-order chi connectivity index (χ0) is 18.1. The number of likely N-dealkylation sites (tertiary alicyclic amines) is 1. The smallest absolute Gasteiger partial charge is 0.254 e. The highest BCUT2D eigenvalue weighted by Gasteiger charge is 2.52. The number of methoxy groups -OCH3 is 2. The third-order valence-electron chi connectivity index (χ3n) is 6.02. The van der Waals surface area contributed by atoms with Crippen LogP contribution in [-0.4, -0.2) is 59.3 Å². The second kappa shape index (κ2) is 6.85. The van der Waals surface area contributed by atoms with Crippen molar-refractivity contribution in [3.05, 3.63) is 42.2 Å². The van der Waals surface area contributed by atoms with Crippen LogP contribution in [0.3, 0.4) is 0 Å². The molecule has 1 saturated heterocycles. The van der Waals surface area contributed by atoms with Crippen LogP contribution in [0.5, 0.6) is 0 Å². The predicted octanol–water partition coefficient (Wildman–Crippen LogP) is 2.88. The lowest BCUT2D eigenvalue weighted by Crippen LogP contribution is -2.53. The summed E-state index contributed by atoms with van der Waals surface area (Å²) in [5.74, 6) is 0.823. The summed E-state index contributed by atoms with van der Waals surface area (Å²) in [6.45, 7) is 0.721. The molecule has 4 rings (SSSR count). The number of hydrogen-bond acceptors (Lipinski definition) is 4. The third-order valence-corrected chi connectivity index (χ3v) is 6.02. The van der Waals surface area contributed by atoms with Gasteiger partial charge < -0.3 is 19.4 Å². The highest BCUT2D eigenvalue weighted by molar-refractivity contribution is 5.95. The first-order valence-corrected chi connectivity index (χ1v) is 9.15. The van der Waals surface area contributed by atoms with Crippen molar-refractivity contribution >= 4 is 5.91 Å². The second-order valence-corrected chi connectivity index (χ2v) is 7.18. The standard InChI is InChI=1S/C20H25N3O3/c1-25-16-6-7-20(26-2)8-11-23(17(20)13-16)19(24)15-5-3-4-14(12-15)18-21-9-10-22-18/h3-5,9-10,12,16-17H,6-8,11,13H2,1-2H3,(H,21,22)/t16-,17+,20-/m1/s1. The number of amides is 1. The number of aromatic nitrogens is 2. The first-order valence-electron chi connectivity index (χ1n) is 9.15. The molecule has 1 aromatic heterocycles. The predicted molar refractivity (Wildman–Crippen MR) is 97.9 cm³/mol. The van der Waals surface area contributed by atoms with Crippen molar-refractivity contribution in [3.63, 3.8) is 0 Å². The van der Waals surface area contributed by atoms with E-state index in [4.69, 9.17) is 9.47 Å². The van der Waals surface area contributed by atoms with Gasteiger partial charge in [0.05, 0.1) is 17.7 Å². The van der Waals surface area contributed by atoms with Crippen LogP contribution in [-0.2, 0) is 9.47 Å². The van der Waals surface area contributed by atoms with Gasteiger partial charge in [-0.25, -0.2) is 4.98 Å². The van der Waals surface area contributed by atoms with Crippen LogP contribution in [0.25, 0.3) is 11.4 Å². The zero-order valence-corrected chi connectivity index (χ0v) is 15.3. The quantitative estimate of drug-likeness (QED) is 0.916. The fraction of sp³-hybridized carbons (Fsp3) is 0.500. The number of rotatable bonds is 4. The number of carbonyl (C=O) groups excluding carboxylic acids is 1. The summed E-state index contributed by atoms with van der Waals surface area (Å²) in [6, 6.07) is 7.71. The van der Waals surface area contributed by atoms with Crippen LogP contribution in [0.4, 0.5) is 0 Å². The highest BCUT2D eigenvalue weighted by atomic mass is 16.5. The van der Waals surface area contributed by atoms with Gasteiger partial charge in [0.2, 0.25) is 0 Å². The van der Waals surface area contributed by atoms with Crippen LogP contribution < -0.4 is 0 Å². The molecule has 26 heavy (non-hydrogen) atoms. The van der Waals surface area contributed by atoms with E-state index in [0.29, 0.717) is 5.56 Å². The fourth-order valence-electron chi connectivity index (χ4n) is 4.51. The molecule has 6 heteroatoms. The molecule has 138 valence electrons. The lowest BCUT2D eigenvalue weighted by Gasteiger charge is -2.43. The number of fused-ring (bicyclic) bond motifs is 1. The Hall–Kier alpha value is -2.18. The summed E-state index contributed by atoms with van der Waals surface area (Å²) in [7, 11) is 3.52. The summed E-state index contributed by atoms with van der Waals surface area (Å²) in [5, 5.41) is 0. The maximum atomic E-state index is 13.3. The number of aromatic amines is 1. The lowest BCUT2D eigenvalue weighted by atomic mass is 9.79. The maximum absolute atomic E-state index is 13.3. The molecule has 2 aromatic rings. The minimum atomic E-state index is -0.233. The van der Waals surface area contributed by atoms with E-state index in [1.165, 1.54) is 0 Å². The van der Waals surface area contributed by atoms with Gasteiger partial charge >= 0.3 is 0 Å². The third kappa shape index (κ3) is 2.83. The van der Waals surface area contributed by atoms with E-state index in [9.17, 15) is 4.79 Å². The summed E-state index contributed by atoms with van der Waals surface area (Å²) >= 11 is 0. The largest absolute Gasteiger partial charge is 0.381 e. The Labute approximate surface area is 153 Å². The number of hydrogen-bond donors (Lipinski definition) is 1. The van der Waals surface area contributed by atoms with Crippen LogP contribution in [0.15, 0.2) is 36.7 Å². The van der Waals surface area contributed by atoms with Gasteiger partial charge in [-0.15, -0.1) is 0 Å². The van der Waals surface area contributed by atoms with Gasteiger partial charge in [0, 0.05) is 44.3 Å². The second-order valence-electron chi connectivity index (χ2n) is 7.18. The molecule has 6 nitrogen and oxygen atoms in total. The fourth-order valence-corrected chi connectivity index (χ4v) is 4.51. The lowest BCUT2D eigenvalue weighted by molar-refractivity contribution is -0.0893. The average molecular weight is 355 g/mol. The molecule has 1 amide bonds. The molecule has 1 saturated carbocycles. The van der Waals surface area contributed by atoms with E-state index in [1.54, 1.807) is 26.6 Å². The van der Waals surface area contributed by atoms with Gasteiger partial charge in [-0.3, -0.25) is 4.79 Å². The Morgan fingerprint density at radius 3 is 2.96 bits per heavy atom. The average Bonchev–Trinajstić information content (AvgIpc) is 3.35. The van der Waals surface area contributed by atoms with Crippen molar-refractivity contribution in [2.75, 3.05) is 20.8 Å². The molecule has 0 bridgehead atoms. The van der Waals surface area contributed by atoms with Gasteiger partial charge in [-0.2, -0.15) is 0 Å². The Kier molecular flexibility index (Phi) is 4.54. The van der Waals surface area contributed by atoms with Gasteiger partial charge in [0.1, 0.15) is 5.82 Å². The van der Waals surface area contributed by atoms with Gasteiger partial charge in [-0.1, -0.05) is 12.1 Å². The minimum Gasteiger partial charge on any atom is -0.381 e. The van der Waals surface area contributed by atoms with Crippen molar-refractivity contribution in [1.82, 2.24) is 14.9 Å². The molecule has 0 spiro atoms. The van der Waals surface area contributed by atoms with Crippen LogP contribution in [0.2, 0.25) is 0 Å². The van der Waals surface area contributed by atoms with Crippen molar-refractivity contribution in [2.45, 2.75) is 43.4 Å². The van der Waals surface area contributed by atoms with Crippen molar-refractivity contribution in [1.29, 1.82) is 0 Å². The monoisotopic (exact) mass is 355 g/mol. The zero-order valence-electron chi connectivity index (χ0n) is 15.3. The molecule has 0 unspecified atom stereocenters. The topological polar surface area (TPSA) is 67.5 Å². The van der Waals surface area contributed by atoms with E-state index in [2.05, 4.69) is 9.97 Å². The van der Waals surface area contributed by atoms with E-state index >= 15 is 0 Å². The summed E-state index contributed by atoms with van der Waals surface area (Å²) in [6.07, 6.45) is 7.31. The van der Waals surface area contributed by atoms with Gasteiger partial charge in [-0.05, 0) is 37.8 Å². The number of nitrogens with one attached hydrogen (secondary N) is 1. The summed E-state index contributed by atoms with van der Waals surface area (Å²) in [4.78, 5) is 22.6. The van der Waals surface area contributed by atoms with Crippen molar-refractivity contribution in [2.24, 2.45) is 0 Å². The number of imidazole rings is 1. The van der Waals surface area contributed by atoms with Gasteiger partial charge in [0.25, 0.3) is 5.91 Å². The van der Waals surface area contributed by atoms with Crippen molar-refractivity contribution in [3.8, 4) is 11.4 Å². The number of nitrogens with zero attached hydrogens (tertiary/aromatic N) is 2.